The van der Waals surface area contributed by atoms with Gasteiger partial charge in [0.1, 0.15) is 11.6 Å². The number of carbonyl (C=O) groups excluding carboxylic acids is 3. The summed E-state index contributed by atoms with van der Waals surface area (Å²) in [5, 5.41) is 18.1. The van der Waals surface area contributed by atoms with Gasteiger partial charge in [-0.15, -0.1) is 0 Å². The van der Waals surface area contributed by atoms with E-state index in [1.807, 2.05) is 60.7 Å². The summed E-state index contributed by atoms with van der Waals surface area (Å²) in [6, 6.07) is 26.4. The molecule has 0 bridgehead atoms. The maximum absolute atomic E-state index is 13.7. The Kier molecular flexibility index (Phi) is 9.67. The molecule has 40 heavy (non-hydrogen) atoms. The van der Waals surface area contributed by atoms with Crippen LogP contribution in [0.4, 0.5) is 0 Å². The molecule has 3 aromatic rings. The maximum atomic E-state index is 13.7. The van der Waals surface area contributed by atoms with Gasteiger partial charge in [-0.25, -0.2) is 4.79 Å². The van der Waals surface area contributed by atoms with E-state index in [1.54, 1.807) is 30.3 Å². The fourth-order valence-electron chi connectivity index (χ4n) is 5.25. The van der Waals surface area contributed by atoms with E-state index in [-0.39, 0.29) is 24.8 Å². The highest BCUT2D eigenvalue weighted by molar-refractivity contribution is 5.97. The van der Waals surface area contributed by atoms with Crippen LogP contribution >= 0.6 is 0 Å². The molecule has 0 radical (unpaired) electrons. The Hall–Kier alpha value is -4.46. The Morgan fingerprint density at radius 3 is 1.82 bits per heavy atom. The van der Waals surface area contributed by atoms with Gasteiger partial charge in [-0.3, -0.25) is 14.4 Å². The van der Waals surface area contributed by atoms with E-state index in [0.717, 1.165) is 24.0 Å². The van der Waals surface area contributed by atoms with Crippen molar-refractivity contribution in [2.24, 2.45) is 0 Å². The monoisotopic (exact) mass is 541 g/mol. The molecule has 1 unspecified atom stereocenters. The predicted octanol–water partition coefficient (Wildman–Crippen LogP) is 4.03. The van der Waals surface area contributed by atoms with Crippen molar-refractivity contribution in [1.82, 2.24) is 16.0 Å². The molecule has 8 heteroatoms. The molecule has 208 valence electrons. The molecular formula is C32H35N3O5. The van der Waals surface area contributed by atoms with Crippen molar-refractivity contribution in [2.75, 3.05) is 6.54 Å². The van der Waals surface area contributed by atoms with E-state index in [1.165, 1.54) is 0 Å². The summed E-state index contributed by atoms with van der Waals surface area (Å²) >= 11 is 0. The van der Waals surface area contributed by atoms with Gasteiger partial charge in [0.25, 0.3) is 5.91 Å². The molecule has 1 saturated carbocycles. The van der Waals surface area contributed by atoms with Crippen molar-refractivity contribution < 1.29 is 24.3 Å². The molecule has 3 amide bonds. The predicted molar refractivity (Wildman–Crippen MR) is 152 cm³/mol. The van der Waals surface area contributed by atoms with Crippen LogP contribution < -0.4 is 16.0 Å². The second-order valence-electron chi connectivity index (χ2n) is 10.2. The van der Waals surface area contributed by atoms with Crippen molar-refractivity contribution >= 4 is 23.7 Å². The first-order chi connectivity index (χ1) is 19.4. The Morgan fingerprint density at radius 2 is 1.30 bits per heavy atom. The number of carboxylic acid groups (broad SMARTS) is 1. The third kappa shape index (κ3) is 7.14. The first-order valence-corrected chi connectivity index (χ1v) is 13.7. The molecule has 4 N–H and O–H groups in total. The summed E-state index contributed by atoms with van der Waals surface area (Å²) in [6.45, 7) is 0.224. The topological polar surface area (TPSA) is 125 Å². The molecule has 4 rings (SSSR count). The van der Waals surface area contributed by atoms with E-state index in [4.69, 9.17) is 0 Å². The number of aliphatic carboxylic acids is 1. The second-order valence-corrected chi connectivity index (χ2v) is 10.2. The van der Waals surface area contributed by atoms with E-state index >= 15 is 0 Å². The molecule has 1 aliphatic rings. The molecule has 1 fully saturated rings. The van der Waals surface area contributed by atoms with Crippen LogP contribution in [0.15, 0.2) is 91.0 Å². The standard InChI is InChI=1S/C32H35N3O5/c36-28(25-17-8-3-9-18-25)34-26(30(38)39)19-12-22-33-31(40)32(20-10-11-21-32)35-29(37)27(23-13-4-1-5-14-23)24-15-6-2-7-16-24/h1-9,13-18,26-27H,10-12,19-22H2,(H,33,40)(H,34,36)(H,35,37)(H,38,39). The first kappa shape index (κ1) is 28.5. The van der Waals surface area contributed by atoms with Crippen LogP contribution in [0.1, 0.15) is 65.9 Å². The van der Waals surface area contributed by atoms with Gasteiger partial charge in [0.15, 0.2) is 0 Å². The molecule has 8 nitrogen and oxygen atoms in total. The summed E-state index contributed by atoms with van der Waals surface area (Å²) in [7, 11) is 0. The van der Waals surface area contributed by atoms with Gasteiger partial charge in [0.05, 0.1) is 5.92 Å². The summed E-state index contributed by atoms with van der Waals surface area (Å²) in [5.41, 5.74) is 1.05. The highest BCUT2D eigenvalue weighted by Gasteiger charge is 2.43. The summed E-state index contributed by atoms with van der Waals surface area (Å²) in [4.78, 5) is 51.3. The zero-order valence-electron chi connectivity index (χ0n) is 22.3. The van der Waals surface area contributed by atoms with E-state index in [0.29, 0.717) is 24.8 Å². The number of carbonyl (C=O) groups is 4. The normalized spacial score (nSPS) is 14.7. The molecule has 0 heterocycles. The van der Waals surface area contributed by atoms with E-state index in [2.05, 4.69) is 16.0 Å². The third-order valence-electron chi connectivity index (χ3n) is 7.38. The highest BCUT2D eigenvalue weighted by atomic mass is 16.4. The minimum absolute atomic E-state index is 0.150. The number of benzene rings is 3. The number of amides is 3. The minimum Gasteiger partial charge on any atom is -0.480 e. The average Bonchev–Trinajstić information content (AvgIpc) is 3.45. The maximum Gasteiger partial charge on any atom is 0.326 e. The largest absolute Gasteiger partial charge is 0.480 e. The summed E-state index contributed by atoms with van der Waals surface area (Å²) in [5.74, 6) is -2.65. The lowest BCUT2D eigenvalue weighted by molar-refractivity contribution is -0.139. The van der Waals surface area contributed by atoms with Crippen LogP contribution in [0.3, 0.4) is 0 Å². The minimum atomic E-state index is -1.14. The number of hydrogen-bond donors (Lipinski definition) is 4. The van der Waals surface area contributed by atoms with Gasteiger partial charge in [-0.05, 0) is 48.9 Å². The smallest absolute Gasteiger partial charge is 0.326 e. The van der Waals surface area contributed by atoms with Crippen LogP contribution in [-0.2, 0) is 14.4 Å². The van der Waals surface area contributed by atoms with E-state index < -0.39 is 29.4 Å². The van der Waals surface area contributed by atoms with E-state index in [9.17, 15) is 24.3 Å². The van der Waals surface area contributed by atoms with Crippen LogP contribution in [-0.4, -0.2) is 46.9 Å². The fraction of sp³-hybridized carbons (Fsp3) is 0.312. The Balaban J connectivity index is 1.37. The van der Waals surface area contributed by atoms with Gasteiger partial charge >= 0.3 is 5.97 Å². The number of carboxylic acids is 1. The van der Waals surface area contributed by atoms with Gasteiger partial charge in [0.2, 0.25) is 11.8 Å². The van der Waals surface area contributed by atoms with Gasteiger partial charge < -0.3 is 21.1 Å². The zero-order chi connectivity index (χ0) is 28.4. The highest BCUT2D eigenvalue weighted by Crippen LogP contribution is 2.32. The molecule has 0 aliphatic heterocycles. The molecule has 1 atom stereocenters. The SMILES string of the molecule is O=C(NC(CCCNC(=O)C1(NC(=O)C(c2ccccc2)c2ccccc2)CCCC1)C(=O)O)c1ccccc1. The van der Waals surface area contributed by atoms with Crippen molar-refractivity contribution in [3.63, 3.8) is 0 Å². The van der Waals surface area contributed by atoms with Crippen molar-refractivity contribution in [1.29, 1.82) is 0 Å². The fourth-order valence-corrected chi connectivity index (χ4v) is 5.25. The Bertz CT molecular complexity index is 1250. The number of rotatable bonds is 12. The quantitative estimate of drug-likeness (QED) is 0.258. The van der Waals surface area contributed by atoms with Crippen LogP contribution in [0.25, 0.3) is 0 Å². The zero-order valence-corrected chi connectivity index (χ0v) is 22.3. The molecule has 1 aliphatic carbocycles. The lowest BCUT2D eigenvalue weighted by atomic mass is 9.88. The van der Waals surface area contributed by atoms with Crippen LogP contribution in [0.5, 0.6) is 0 Å². The molecule has 0 spiro atoms. The first-order valence-electron chi connectivity index (χ1n) is 13.7. The molecule has 3 aromatic carbocycles. The average molecular weight is 542 g/mol. The lowest BCUT2D eigenvalue weighted by Crippen LogP contribution is -2.58. The number of hydrogen-bond acceptors (Lipinski definition) is 4. The Morgan fingerprint density at radius 1 is 0.775 bits per heavy atom. The molecule has 0 saturated heterocycles. The van der Waals surface area contributed by atoms with Gasteiger partial charge in [0, 0.05) is 12.1 Å². The van der Waals surface area contributed by atoms with Crippen molar-refractivity contribution in [2.45, 2.75) is 56.0 Å². The molecular weight excluding hydrogens is 506 g/mol. The van der Waals surface area contributed by atoms with Crippen molar-refractivity contribution in [3.8, 4) is 0 Å². The van der Waals surface area contributed by atoms with Gasteiger partial charge in [-0.2, -0.15) is 0 Å². The Labute approximate surface area is 234 Å². The van der Waals surface area contributed by atoms with Crippen LogP contribution in [0, 0.1) is 0 Å². The van der Waals surface area contributed by atoms with Gasteiger partial charge in [-0.1, -0.05) is 91.7 Å². The number of nitrogens with one attached hydrogen (secondary N) is 3. The third-order valence-corrected chi connectivity index (χ3v) is 7.38. The molecule has 0 aromatic heterocycles. The lowest BCUT2D eigenvalue weighted by Gasteiger charge is -2.31. The summed E-state index contributed by atoms with van der Waals surface area (Å²) < 4.78 is 0. The summed E-state index contributed by atoms with van der Waals surface area (Å²) in [6.07, 6.45) is 3.21. The van der Waals surface area contributed by atoms with Crippen LogP contribution in [0.2, 0.25) is 0 Å². The second kappa shape index (κ2) is 13.6. The van der Waals surface area contributed by atoms with Crippen molar-refractivity contribution in [3.05, 3.63) is 108 Å².